The molecule has 2 aromatic carbocycles. The quantitative estimate of drug-likeness (QED) is 0.687. The van der Waals surface area contributed by atoms with Crippen LogP contribution in [0.25, 0.3) is 0 Å². The fourth-order valence-corrected chi connectivity index (χ4v) is 3.99. The van der Waals surface area contributed by atoms with Crippen LogP contribution in [0.15, 0.2) is 54.6 Å². The van der Waals surface area contributed by atoms with E-state index in [-0.39, 0.29) is 0 Å². The number of halogens is 1. The minimum absolute atomic E-state index is 0.375. The average Bonchev–Trinajstić information content (AvgIpc) is 2.97. The summed E-state index contributed by atoms with van der Waals surface area (Å²) in [5.41, 5.74) is 5.33. The molecule has 2 heteroatoms. The van der Waals surface area contributed by atoms with Gasteiger partial charge in [-0.05, 0) is 54.2 Å². The summed E-state index contributed by atoms with van der Waals surface area (Å²) in [6, 6.07) is 15.3. The maximum absolute atomic E-state index is 6.19. The van der Waals surface area contributed by atoms with Crippen LogP contribution in [0, 0.1) is 12.8 Å². The highest BCUT2D eigenvalue weighted by Crippen LogP contribution is 2.50. The Morgan fingerprint density at radius 3 is 2.81 bits per heavy atom. The van der Waals surface area contributed by atoms with Crippen molar-refractivity contribution in [2.75, 3.05) is 5.32 Å². The molecule has 1 aliphatic heterocycles. The third-order valence-corrected chi connectivity index (χ3v) is 5.08. The molecule has 0 radical (unpaired) electrons. The van der Waals surface area contributed by atoms with E-state index in [1.165, 1.54) is 22.4 Å². The molecule has 106 valence electrons. The van der Waals surface area contributed by atoms with Gasteiger partial charge in [-0.3, -0.25) is 0 Å². The number of aryl methyl sites for hydroxylation is 1. The molecule has 4 rings (SSSR count). The van der Waals surface area contributed by atoms with Gasteiger partial charge in [0.1, 0.15) is 0 Å². The highest BCUT2D eigenvalue weighted by molar-refractivity contribution is 6.30. The predicted octanol–water partition coefficient (Wildman–Crippen LogP) is 5.47. The van der Waals surface area contributed by atoms with Crippen molar-refractivity contribution in [2.24, 2.45) is 5.92 Å². The molecule has 0 fully saturated rings. The van der Waals surface area contributed by atoms with Gasteiger partial charge in [-0.15, -0.1) is 0 Å². The first kappa shape index (κ1) is 13.0. The van der Waals surface area contributed by atoms with Gasteiger partial charge in [0, 0.05) is 16.6 Å². The number of fused-ring (bicyclic) bond motifs is 3. The van der Waals surface area contributed by atoms with Crippen molar-refractivity contribution < 1.29 is 0 Å². The summed E-state index contributed by atoms with van der Waals surface area (Å²) in [7, 11) is 0. The predicted molar refractivity (Wildman–Crippen MR) is 89.0 cm³/mol. The average molecular weight is 296 g/mol. The number of hydrogen-bond donors (Lipinski definition) is 1. The molecule has 3 atom stereocenters. The zero-order chi connectivity index (χ0) is 14.4. The first-order chi connectivity index (χ1) is 10.2. The summed E-state index contributed by atoms with van der Waals surface area (Å²) in [6.45, 7) is 2.20. The Labute approximate surface area is 130 Å². The molecule has 1 aliphatic carbocycles. The van der Waals surface area contributed by atoms with Gasteiger partial charge in [0.15, 0.2) is 0 Å². The molecule has 1 nitrogen and oxygen atoms in total. The van der Waals surface area contributed by atoms with E-state index in [9.17, 15) is 0 Å². The fourth-order valence-electron chi connectivity index (χ4n) is 3.81. The molecular weight excluding hydrogens is 278 g/mol. The molecular formula is C19H18ClN. The lowest BCUT2D eigenvalue weighted by Gasteiger charge is -2.38. The number of anilines is 1. The van der Waals surface area contributed by atoms with Gasteiger partial charge in [-0.1, -0.05) is 48.0 Å². The number of benzene rings is 2. The van der Waals surface area contributed by atoms with Gasteiger partial charge in [-0.2, -0.15) is 0 Å². The van der Waals surface area contributed by atoms with E-state index in [0.717, 1.165) is 11.4 Å². The second-order valence-corrected chi connectivity index (χ2v) is 6.50. The second kappa shape index (κ2) is 4.92. The maximum atomic E-state index is 6.19. The minimum atomic E-state index is 0.375. The summed E-state index contributed by atoms with van der Waals surface area (Å²) in [5.74, 6) is 1.06. The largest absolute Gasteiger partial charge is 0.378 e. The molecule has 2 aliphatic rings. The number of rotatable bonds is 1. The van der Waals surface area contributed by atoms with Crippen LogP contribution < -0.4 is 5.32 Å². The monoisotopic (exact) mass is 295 g/mol. The summed E-state index contributed by atoms with van der Waals surface area (Å²) in [6.07, 6.45) is 5.80. The van der Waals surface area contributed by atoms with Crippen molar-refractivity contribution in [3.8, 4) is 0 Å². The molecule has 0 saturated heterocycles. The van der Waals surface area contributed by atoms with Crippen molar-refractivity contribution in [2.45, 2.75) is 25.3 Å². The third kappa shape index (κ3) is 2.08. The van der Waals surface area contributed by atoms with Crippen LogP contribution in [0.4, 0.5) is 5.69 Å². The van der Waals surface area contributed by atoms with Gasteiger partial charge in [-0.25, -0.2) is 0 Å². The first-order valence-corrected chi connectivity index (χ1v) is 7.90. The lowest BCUT2D eigenvalue weighted by Crippen LogP contribution is -2.29. The topological polar surface area (TPSA) is 12.0 Å². The maximum Gasteiger partial charge on any atom is 0.0556 e. The molecule has 3 unspecified atom stereocenters. The van der Waals surface area contributed by atoms with Gasteiger partial charge < -0.3 is 5.32 Å². The van der Waals surface area contributed by atoms with E-state index in [4.69, 9.17) is 11.6 Å². The lowest BCUT2D eigenvalue weighted by molar-refractivity contribution is 0.424. The van der Waals surface area contributed by atoms with E-state index in [1.54, 1.807) is 0 Å². The fraction of sp³-hybridized carbons (Fsp3) is 0.263. The van der Waals surface area contributed by atoms with Gasteiger partial charge >= 0.3 is 0 Å². The van der Waals surface area contributed by atoms with Crippen LogP contribution in [-0.4, -0.2) is 0 Å². The Morgan fingerprint density at radius 1 is 1.10 bits per heavy atom. The van der Waals surface area contributed by atoms with Gasteiger partial charge in [0.2, 0.25) is 0 Å². The third-order valence-electron chi connectivity index (χ3n) is 4.85. The van der Waals surface area contributed by atoms with Crippen molar-refractivity contribution in [1.82, 2.24) is 0 Å². The molecule has 0 saturated carbocycles. The Bertz CT molecular complexity index is 719. The van der Waals surface area contributed by atoms with E-state index >= 15 is 0 Å². The Hall–Kier alpha value is -1.73. The van der Waals surface area contributed by atoms with E-state index < -0.39 is 0 Å². The molecule has 1 heterocycles. The normalized spacial score (nSPS) is 26.1. The smallest absolute Gasteiger partial charge is 0.0556 e. The number of hydrogen-bond acceptors (Lipinski definition) is 1. The Morgan fingerprint density at radius 2 is 1.95 bits per heavy atom. The molecule has 0 aromatic heterocycles. The number of nitrogens with one attached hydrogen (secondary N) is 1. The Kier molecular flexibility index (Phi) is 3.04. The summed E-state index contributed by atoms with van der Waals surface area (Å²) < 4.78 is 0. The van der Waals surface area contributed by atoms with Crippen LogP contribution in [-0.2, 0) is 0 Å². The van der Waals surface area contributed by atoms with Crippen molar-refractivity contribution >= 4 is 17.3 Å². The number of allylic oxidation sites excluding steroid dienone is 2. The first-order valence-electron chi connectivity index (χ1n) is 7.52. The zero-order valence-electron chi connectivity index (χ0n) is 12.0. The van der Waals surface area contributed by atoms with Crippen molar-refractivity contribution in [1.29, 1.82) is 0 Å². The van der Waals surface area contributed by atoms with E-state index in [2.05, 4.69) is 60.8 Å². The summed E-state index contributed by atoms with van der Waals surface area (Å²) in [5, 5.41) is 4.58. The van der Waals surface area contributed by atoms with E-state index in [1.807, 2.05) is 6.07 Å². The van der Waals surface area contributed by atoms with Gasteiger partial charge in [0.25, 0.3) is 0 Å². The Balaban J connectivity index is 1.82. The minimum Gasteiger partial charge on any atom is -0.378 e. The lowest BCUT2D eigenvalue weighted by atomic mass is 9.76. The van der Waals surface area contributed by atoms with Crippen LogP contribution in [0.1, 0.15) is 35.1 Å². The molecule has 21 heavy (non-hydrogen) atoms. The SMILES string of the molecule is Cc1ccccc1C1Nc2ccc(Cl)cc2C2C=CCC21. The highest BCUT2D eigenvalue weighted by atomic mass is 35.5. The van der Waals surface area contributed by atoms with Gasteiger partial charge in [0.05, 0.1) is 6.04 Å². The summed E-state index contributed by atoms with van der Waals surface area (Å²) in [4.78, 5) is 0. The second-order valence-electron chi connectivity index (χ2n) is 6.06. The van der Waals surface area contributed by atoms with E-state index in [0.29, 0.717) is 17.9 Å². The van der Waals surface area contributed by atoms with Crippen molar-refractivity contribution in [3.05, 3.63) is 76.3 Å². The van der Waals surface area contributed by atoms with Crippen molar-refractivity contribution in [3.63, 3.8) is 0 Å². The van der Waals surface area contributed by atoms with Crippen LogP contribution in [0.2, 0.25) is 5.02 Å². The molecule has 0 amide bonds. The standard InChI is InChI=1S/C19H18ClN/c1-12-5-2-3-6-14(12)19-16-8-4-7-15(16)17-11-13(20)9-10-18(17)21-19/h2-7,9-11,15-16,19,21H,8H2,1H3. The molecule has 0 bridgehead atoms. The highest BCUT2D eigenvalue weighted by Gasteiger charge is 2.38. The van der Waals surface area contributed by atoms with Crippen LogP contribution >= 0.6 is 11.6 Å². The zero-order valence-corrected chi connectivity index (χ0v) is 12.8. The molecule has 1 N–H and O–H groups in total. The van der Waals surface area contributed by atoms with Crippen LogP contribution in [0.3, 0.4) is 0 Å². The molecule has 0 spiro atoms. The van der Waals surface area contributed by atoms with Crippen LogP contribution in [0.5, 0.6) is 0 Å². The molecule has 2 aromatic rings. The summed E-state index contributed by atoms with van der Waals surface area (Å²) >= 11 is 6.19.